The van der Waals surface area contributed by atoms with E-state index in [0.29, 0.717) is 25.3 Å². The molecule has 0 heterocycles. The van der Waals surface area contributed by atoms with E-state index in [-0.39, 0.29) is 50.0 Å². The van der Waals surface area contributed by atoms with Gasteiger partial charge < -0.3 is 43.6 Å². The summed E-state index contributed by atoms with van der Waals surface area (Å²) in [5.74, 6) is -1.40. The Morgan fingerprint density at radius 1 is 0.818 bits per heavy atom. The van der Waals surface area contributed by atoms with Crippen molar-refractivity contribution in [3.05, 3.63) is 65.7 Å². The van der Waals surface area contributed by atoms with E-state index in [1.807, 2.05) is 30.3 Å². The van der Waals surface area contributed by atoms with Gasteiger partial charge in [0.05, 0.1) is 6.04 Å². The Balaban J connectivity index is 1.76. The summed E-state index contributed by atoms with van der Waals surface area (Å²) in [5.41, 5.74) is 17.8. The molecule has 13 heteroatoms. The molecule has 2 aromatic carbocycles. The van der Waals surface area contributed by atoms with E-state index in [1.54, 1.807) is 24.3 Å². The average Bonchev–Trinajstić information content (AvgIpc) is 3.82. The fourth-order valence-corrected chi connectivity index (χ4v) is 4.56. The summed E-state index contributed by atoms with van der Waals surface area (Å²) in [4.78, 5) is 55.5. The van der Waals surface area contributed by atoms with E-state index in [2.05, 4.69) is 26.3 Å². The van der Waals surface area contributed by atoms with Gasteiger partial charge in [0, 0.05) is 25.9 Å². The Labute approximate surface area is 257 Å². The maximum Gasteiger partial charge on any atom is 0.243 e. The number of rotatable bonds is 19. The Morgan fingerprint density at radius 2 is 1.43 bits per heavy atom. The zero-order chi connectivity index (χ0) is 31.9. The van der Waals surface area contributed by atoms with Crippen LogP contribution >= 0.6 is 0 Å². The van der Waals surface area contributed by atoms with E-state index in [0.717, 1.165) is 24.0 Å². The summed E-state index contributed by atoms with van der Waals surface area (Å²) >= 11 is 0. The van der Waals surface area contributed by atoms with Crippen molar-refractivity contribution in [1.82, 2.24) is 21.3 Å². The lowest BCUT2D eigenvalue weighted by molar-refractivity contribution is -0.132. The molecule has 3 rings (SSSR count). The third kappa shape index (κ3) is 12.7. The van der Waals surface area contributed by atoms with Crippen molar-refractivity contribution in [3.8, 4) is 5.75 Å². The Morgan fingerprint density at radius 3 is 2.07 bits per heavy atom. The molecule has 0 radical (unpaired) electrons. The summed E-state index contributed by atoms with van der Waals surface area (Å²) in [6.07, 6.45) is 3.29. The van der Waals surface area contributed by atoms with Gasteiger partial charge in [0.15, 0.2) is 5.96 Å². The average molecular weight is 609 g/mol. The van der Waals surface area contributed by atoms with Crippen LogP contribution in [0.25, 0.3) is 0 Å². The quantitative estimate of drug-likeness (QED) is 0.0591. The van der Waals surface area contributed by atoms with Crippen LogP contribution in [0.3, 0.4) is 0 Å². The van der Waals surface area contributed by atoms with Gasteiger partial charge in [-0.05, 0) is 67.8 Å². The molecule has 0 unspecified atom stereocenters. The normalized spacial score (nSPS) is 14.5. The minimum absolute atomic E-state index is 0.0274. The molecule has 1 fully saturated rings. The second-order valence-electron chi connectivity index (χ2n) is 11.0. The zero-order valence-electron chi connectivity index (χ0n) is 24.8. The summed E-state index contributed by atoms with van der Waals surface area (Å²) in [6, 6.07) is 13.2. The molecule has 1 saturated carbocycles. The van der Waals surface area contributed by atoms with Crippen LogP contribution in [0.2, 0.25) is 0 Å². The number of aliphatic imine (C=N–C) groups is 1. The van der Waals surface area contributed by atoms with Gasteiger partial charge in [-0.25, -0.2) is 0 Å². The maximum absolute atomic E-state index is 13.7. The number of nitrogens with one attached hydrogen (secondary N) is 4. The number of nitrogens with zero attached hydrogens (tertiary/aromatic N) is 1. The molecule has 0 spiro atoms. The van der Waals surface area contributed by atoms with Gasteiger partial charge >= 0.3 is 0 Å². The predicted octanol–water partition coefficient (Wildman–Crippen LogP) is -0.440. The molecule has 13 nitrogen and oxygen atoms in total. The fourth-order valence-electron chi connectivity index (χ4n) is 4.56. The molecule has 2 aromatic rings. The number of nitrogens with two attached hydrogens (primary N) is 3. The van der Waals surface area contributed by atoms with Crippen LogP contribution in [0.5, 0.6) is 5.75 Å². The molecule has 11 N–H and O–H groups in total. The minimum Gasteiger partial charge on any atom is -0.508 e. The van der Waals surface area contributed by atoms with Crippen molar-refractivity contribution in [2.75, 3.05) is 19.6 Å². The first kappa shape index (κ1) is 33.8. The first-order chi connectivity index (χ1) is 21.1. The van der Waals surface area contributed by atoms with Crippen molar-refractivity contribution < 1.29 is 24.3 Å². The summed E-state index contributed by atoms with van der Waals surface area (Å²) in [5, 5.41) is 21.3. The van der Waals surface area contributed by atoms with Gasteiger partial charge in [0.2, 0.25) is 23.6 Å². The number of aromatic hydroxyl groups is 1. The van der Waals surface area contributed by atoms with Crippen molar-refractivity contribution in [3.63, 3.8) is 0 Å². The smallest absolute Gasteiger partial charge is 0.243 e. The third-order valence-corrected chi connectivity index (χ3v) is 7.21. The molecule has 0 aromatic heterocycles. The number of carbonyl (C=O) groups excluding carboxylic acids is 4. The molecule has 0 aliphatic heterocycles. The van der Waals surface area contributed by atoms with Crippen molar-refractivity contribution in [1.29, 1.82) is 0 Å². The Hall–Kier alpha value is -4.65. The van der Waals surface area contributed by atoms with Crippen LogP contribution in [0, 0.1) is 5.92 Å². The number of phenolic OH excluding ortho intramolecular Hbond substituents is 1. The number of guanidine groups is 1. The molecule has 1 aliphatic rings. The van der Waals surface area contributed by atoms with Gasteiger partial charge in [-0.3, -0.25) is 24.2 Å². The zero-order valence-corrected chi connectivity index (χ0v) is 24.8. The van der Waals surface area contributed by atoms with E-state index >= 15 is 0 Å². The second-order valence-corrected chi connectivity index (χ2v) is 11.0. The van der Waals surface area contributed by atoms with Gasteiger partial charge in [0.1, 0.15) is 17.8 Å². The highest BCUT2D eigenvalue weighted by Crippen LogP contribution is 2.27. The highest BCUT2D eigenvalue weighted by atomic mass is 16.3. The second kappa shape index (κ2) is 17.5. The SMILES string of the molecule is NC(=O)CCNC(=O)[C@H](Cc1ccccc1)NC(=O)[C@@H](CCCN=C(N)N)NC(=O)[C@H](Cc1ccc(O)cc1)NCC1CC1. The topological polar surface area (TPSA) is 227 Å². The van der Waals surface area contributed by atoms with Gasteiger partial charge in [-0.15, -0.1) is 0 Å². The number of carbonyl (C=O) groups is 4. The van der Waals surface area contributed by atoms with Gasteiger partial charge in [0.25, 0.3) is 0 Å². The monoisotopic (exact) mass is 608 g/mol. The maximum atomic E-state index is 13.7. The molecule has 0 bridgehead atoms. The van der Waals surface area contributed by atoms with Crippen molar-refractivity contribution in [2.45, 2.75) is 63.1 Å². The molecule has 0 saturated heterocycles. The Bertz CT molecular complexity index is 1260. The van der Waals surface area contributed by atoms with E-state index in [1.165, 1.54) is 0 Å². The van der Waals surface area contributed by atoms with E-state index in [4.69, 9.17) is 17.2 Å². The van der Waals surface area contributed by atoms with Crippen LogP contribution in [0.4, 0.5) is 0 Å². The lowest BCUT2D eigenvalue weighted by Crippen LogP contribution is -2.57. The standard InChI is InChI=1S/C31H44N8O5/c32-27(41)14-16-35-28(42)26(18-20-5-2-1-3-6-20)39-29(43)24(7-4-15-36-31(33)34)38-30(44)25(37-19-22-8-9-22)17-21-10-12-23(40)13-11-21/h1-3,5-6,10-13,22,24-26,37,40H,4,7-9,14-19H2,(H2,32,41)(H,35,42)(H,38,44)(H,39,43)(H4,33,34,36)/t24-,25+,26+/m1/s1. The minimum atomic E-state index is -0.988. The molecule has 238 valence electrons. The van der Waals surface area contributed by atoms with Crippen LogP contribution < -0.4 is 38.5 Å². The number of benzene rings is 2. The number of hydrogen-bond donors (Lipinski definition) is 8. The molecular formula is C31H44N8O5. The molecule has 44 heavy (non-hydrogen) atoms. The van der Waals surface area contributed by atoms with Crippen LogP contribution in [0.1, 0.15) is 43.2 Å². The lowest BCUT2D eigenvalue weighted by Gasteiger charge is -2.26. The van der Waals surface area contributed by atoms with Crippen LogP contribution in [0.15, 0.2) is 59.6 Å². The van der Waals surface area contributed by atoms with Crippen LogP contribution in [-0.2, 0) is 32.0 Å². The summed E-state index contributed by atoms with van der Waals surface area (Å²) in [7, 11) is 0. The van der Waals surface area contributed by atoms with Crippen LogP contribution in [-0.4, -0.2) is 72.5 Å². The largest absolute Gasteiger partial charge is 0.508 e. The number of primary amides is 1. The third-order valence-electron chi connectivity index (χ3n) is 7.21. The Kier molecular flexibility index (Phi) is 13.4. The molecular weight excluding hydrogens is 564 g/mol. The highest BCUT2D eigenvalue weighted by Gasteiger charge is 2.30. The first-order valence-electron chi connectivity index (χ1n) is 14.9. The first-order valence-corrected chi connectivity index (χ1v) is 14.9. The number of phenols is 1. The summed E-state index contributed by atoms with van der Waals surface area (Å²) in [6.45, 7) is 0.946. The molecule has 3 atom stereocenters. The number of hydrogen-bond acceptors (Lipinski definition) is 7. The molecule has 1 aliphatic carbocycles. The fraction of sp³-hybridized carbons (Fsp3) is 0.452. The highest BCUT2D eigenvalue weighted by molar-refractivity contribution is 5.93. The predicted molar refractivity (Wildman–Crippen MR) is 167 cm³/mol. The molecule has 4 amide bonds. The number of amides is 4. The van der Waals surface area contributed by atoms with E-state index in [9.17, 15) is 24.3 Å². The van der Waals surface area contributed by atoms with Crippen molar-refractivity contribution in [2.24, 2.45) is 28.1 Å². The van der Waals surface area contributed by atoms with E-state index < -0.39 is 35.8 Å². The van der Waals surface area contributed by atoms with Crippen molar-refractivity contribution >= 4 is 29.6 Å². The summed E-state index contributed by atoms with van der Waals surface area (Å²) < 4.78 is 0. The van der Waals surface area contributed by atoms with Gasteiger partial charge in [-0.2, -0.15) is 0 Å². The van der Waals surface area contributed by atoms with Gasteiger partial charge in [-0.1, -0.05) is 42.5 Å². The lowest BCUT2D eigenvalue weighted by atomic mass is 10.0.